The Balaban J connectivity index is 0.000000569. The number of benzene rings is 3. The number of thioether (sulfide) groups is 1. The van der Waals surface area contributed by atoms with E-state index in [1.165, 1.54) is 11.8 Å². The lowest BCUT2D eigenvalue weighted by Crippen LogP contribution is -2.50. The zero-order valence-corrected chi connectivity index (χ0v) is 32.1. The van der Waals surface area contributed by atoms with Gasteiger partial charge in [-0.1, -0.05) is 85.1 Å². The molecule has 5 rings (SSSR count). The molecule has 59 heavy (non-hydrogen) atoms. The average molecular weight is 854 g/mol. The van der Waals surface area contributed by atoms with Gasteiger partial charge in [0.2, 0.25) is 5.82 Å². The van der Waals surface area contributed by atoms with E-state index in [1.54, 1.807) is 0 Å². The van der Waals surface area contributed by atoms with Crippen LogP contribution in [-0.4, -0.2) is 86.2 Å². The van der Waals surface area contributed by atoms with Crippen LogP contribution in [0.4, 0.5) is 32.2 Å². The van der Waals surface area contributed by atoms with Gasteiger partial charge in [0.15, 0.2) is 5.96 Å². The molecule has 1 aromatic heterocycles. The zero-order chi connectivity index (χ0) is 43.8. The number of anilines is 1. The van der Waals surface area contributed by atoms with Crippen LogP contribution in [0.25, 0.3) is 10.9 Å². The number of amides is 1. The van der Waals surface area contributed by atoms with E-state index >= 15 is 0 Å². The molecular formula is C38H41F6N7O7S. The van der Waals surface area contributed by atoms with Gasteiger partial charge in [0.1, 0.15) is 18.5 Å². The number of carbonyl (C=O) groups excluding carboxylic acids is 2. The second-order valence-electron chi connectivity index (χ2n) is 12.8. The van der Waals surface area contributed by atoms with E-state index in [-0.39, 0.29) is 30.5 Å². The number of carbonyl (C=O) groups is 4. The molecule has 1 aliphatic carbocycles. The summed E-state index contributed by atoms with van der Waals surface area (Å²) < 4.78 is 69.1. The molecule has 318 valence electrons. The van der Waals surface area contributed by atoms with Gasteiger partial charge in [0, 0.05) is 29.0 Å². The number of ether oxygens (including phenoxy) is 1. The summed E-state index contributed by atoms with van der Waals surface area (Å²) in [6.07, 6.45) is -6.39. The fourth-order valence-electron chi connectivity index (χ4n) is 5.40. The quantitative estimate of drug-likeness (QED) is 0.0366. The van der Waals surface area contributed by atoms with Gasteiger partial charge in [0.25, 0.3) is 5.91 Å². The van der Waals surface area contributed by atoms with Crippen LogP contribution in [0.1, 0.15) is 53.0 Å². The Kier molecular flexibility index (Phi) is 17.7. The average Bonchev–Trinajstić information content (AvgIpc) is 3.17. The number of fused-ring (bicyclic) bond motifs is 1. The number of rotatable bonds is 12. The van der Waals surface area contributed by atoms with Gasteiger partial charge in [-0.2, -0.15) is 38.1 Å². The summed E-state index contributed by atoms with van der Waals surface area (Å²) in [5.74, 6) is -5.21. The van der Waals surface area contributed by atoms with Gasteiger partial charge in [0.05, 0.1) is 5.52 Å². The van der Waals surface area contributed by atoms with E-state index in [0.29, 0.717) is 22.8 Å². The topological polar surface area (TPSA) is 230 Å². The Morgan fingerprint density at radius 3 is 1.95 bits per heavy atom. The van der Waals surface area contributed by atoms with E-state index in [0.717, 1.165) is 47.8 Å². The number of esters is 1. The molecule has 0 bridgehead atoms. The van der Waals surface area contributed by atoms with Crippen molar-refractivity contribution in [1.29, 1.82) is 5.41 Å². The number of nitrogens with two attached hydrogens (primary N) is 1. The Hall–Kier alpha value is -6.12. The summed E-state index contributed by atoms with van der Waals surface area (Å²) in [6.45, 7) is 2.09. The molecule has 14 nitrogen and oxygen atoms in total. The van der Waals surface area contributed by atoms with Crippen LogP contribution in [-0.2, 0) is 31.5 Å². The Bertz CT molecular complexity index is 2020. The van der Waals surface area contributed by atoms with Crippen LogP contribution < -0.4 is 21.7 Å². The predicted octanol–water partition coefficient (Wildman–Crippen LogP) is 6.19. The third kappa shape index (κ3) is 16.3. The molecule has 1 amide bonds. The number of aromatic nitrogens is 2. The van der Waals surface area contributed by atoms with Crippen LogP contribution in [0.2, 0.25) is 0 Å². The Labute approximate surface area is 337 Å². The van der Waals surface area contributed by atoms with Gasteiger partial charge in [-0.25, -0.2) is 24.4 Å². The SMILES string of the molecule is Cc1ccc2nc(C(=O)NC(CSCc3ccccc3)C(=O)OCc3ccccc3)nc(NC3CCCCC3NC(=N)N)c2c1.O=C(O)C(F)(F)F.O=C(O)C(F)(F)F. The number of halogens is 6. The molecule has 1 fully saturated rings. The second-order valence-corrected chi connectivity index (χ2v) is 13.9. The van der Waals surface area contributed by atoms with Crippen LogP contribution in [0.5, 0.6) is 0 Å². The molecule has 3 atom stereocenters. The molecule has 1 heterocycles. The number of alkyl halides is 6. The number of nitrogens with zero attached hydrogens (tertiary/aromatic N) is 2. The summed E-state index contributed by atoms with van der Waals surface area (Å²) in [5, 5.41) is 32.2. The van der Waals surface area contributed by atoms with E-state index in [2.05, 4.69) is 25.9 Å². The zero-order valence-electron chi connectivity index (χ0n) is 31.3. The molecule has 8 N–H and O–H groups in total. The highest BCUT2D eigenvalue weighted by Gasteiger charge is 2.39. The fraction of sp³-hybridized carbons (Fsp3) is 0.342. The van der Waals surface area contributed by atoms with E-state index < -0.39 is 42.2 Å². The number of guanidine groups is 1. The lowest BCUT2D eigenvalue weighted by molar-refractivity contribution is -0.193. The van der Waals surface area contributed by atoms with Gasteiger partial charge >= 0.3 is 30.3 Å². The smallest absolute Gasteiger partial charge is 0.475 e. The molecule has 21 heteroatoms. The van der Waals surface area contributed by atoms with Gasteiger partial charge in [-0.15, -0.1) is 0 Å². The standard InChI is InChI=1S/C34H39N7O3S.2C2HF3O2/c1-22-16-17-26-25(18-22)30(38-27-14-8-9-15-28(27)40-34(35)36)41-31(37-26)32(42)39-29(21-45-20-24-12-6-3-7-13-24)33(43)44-19-23-10-4-2-5-11-23;2*3-2(4,5)1(6)7/h2-7,10-13,16-18,27-29H,8-9,14-15,19-21H2,1H3,(H,39,42)(H4,35,36,40)(H,37,38,41);2*(H,6,7). The van der Waals surface area contributed by atoms with E-state index in [4.69, 9.17) is 35.7 Å². The van der Waals surface area contributed by atoms with Crippen molar-refractivity contribution in [3.63, 3.8) is 0 Å². The summed E-state index contributed by atoms with van der Waals surface area (Å²) in [7, 11) is 0. The van der Waals surface area contributed by atoms with Crippen molar-refractivity contribution in [1.82, 2.24) is 20.6 Å². The van der Waals surface area contributed by atoms with Crippen molar-refractivity contribution in [3.05, 3.63) is 101 Å². The highest BCUT2D eigenvalue weighted by molar-refractivity contribution is 7.98. The molecule has 0 spiro atoms. The van der Waals surface area contributed by atoms with Crippen LogP contribution in [0, 0.1) is 12.3 Å². The first kappa shape index (κ1) is 47.3. The molecule has 0 saturated heterocycles. The molecular weight excluding hydrogens is 813 g/mol. The lowest BCUT2D eigenvalue weighted by atomic mass is 9.90. The largest absolute Gasteiger partial charge is 0.490 e. The van der Waals surface area contributed by atoms with Crippen LogP contribution >= 0.6 is 11.8 Å². The third-order valence-electron chi connectivity index (χ3n) is 8.18. The molecule has 1 aliphatic rings. The normalized spacial score (nSPS) is 15.5. The Morgan fingerprint density at radius 1 is 0.864 bits per heavy atom. The molecule has 3 aromatic carbocycles. The van der Waals surface area contributed by atoms with Crippen molar-refractivity contribution in [2.24, 2.45) is 5.73 Å². The molecule has 3 unspecified atom stereocenters. The van der Waals surface area contributed by atoms with E-state index in [9.17, 15) is 35.9 Å². The fourth-order valence-corrected chi connectivity index (χ4v) is 6.40. The summed E-state index contributed by atoms with van der Waals surface area (Å²) in [6, 6.07) is 24.2. The second kappa shape index (κ2) is 22.1. The maximum absolute atomic E-state index is 13.7. The lowest BCUT2D eigenvalue weighted by Gasteiger charge is -2.33. The molecule has 0 radical (unpaired) electrons. The number of hydrogen-bond acceptors (Lipinski definition) is 10. The summed E-state index contributed by atoms with van der Waals surface area (Å²) in [5.41, 5.74) is 9.29. The summed E-state index contributed by atoms with van der Waals surface area (Å²) >= 11 is 1.53. The maximum Gasteiger partial charge on any atom is 0.490 e. The first-order valence-electron chi connectivity index (χ1n) is 17.6. The minimum atomic E-state index is -5.08. The van der Waals surface area contributed by atoms with Gasteiger partial charge in [-0.3, -0.25) is 10.2 Å². The highest BCUT2D eigenvalue weighted by Crippen LogP contribution is 2.27. The monoisotopic (exact) mass is 853 g/mol. The van der Waals surface area contributed by atoms with Gasteiger partial charge in [-0.05, 0) is 43.0 Å². The number of aliphatic carboxylic acids is 2. The Morgan fingerprint density at radius 2 is 1.41 bits per heavy atom. The van der Waals surface area contributed by atoms with Crippen molar-refractivity contribution in [3.8, 4) is 0 Å². The predicted molar refractivity (Wildman–Crippen MR) is 206 cm³/mol. The maximum atomic E-state index is 13.7. The number of hydrogen-bond donors (Lipinski definition) is 7. The van der Waals surface area contributed by atoms with Gasteiger partial charge < -0.3 is 36.6 Å². The third-order valence-corrected chi connectivity index (χ3v) is 9.28. The first-order valence-corrected chi connectivity index (χ1v) is 18.8. The van der Waals surface area contributed by atoms with E-state index in [1.807, 2.05) is 85.8 Å². The van der Waals surface area contributed by atoms with Crippen molar-refractivity contribution >= 4 is 58.3 Å². The molecule has 1 saturated carbocycles. The molecule has 4 aromatic rings. The molecule has 0 aliphatic heterocycles. The van der Waals surface area contributed by atoms with Crippen molar-refractivity contribution < 1.29 is 60.5 Å². The van der Waals surface area contributed by atoms with Crippen LogP contribution in [0.3, 0.4) is 0 Å². The minimum Gasteiger partial charge on any atom is -0.475 e. The number of aryl methyl sites for hydroxylation is 1. The number of carboxylic acid groups (broad SMARTS) is 2. The van der Waals surface area contributed by atoms with Crippen molar-refractivity contribution in [2.75, 3.05) is 11.1 Å². The summed E-state index contributed by atoms with van der Waals surface area (Å²) in [4.78, 5) is 54.0. The number of carboxylic acids is 2. The van der Waals surface area contributed by atoms with Crippen LogP contribution in [0.15, 0.2) is 78.9 Å². The highest BCUT2D eigenvalue weighted by atomic mass is 32.2. The number of nitrogens with one attached hydrogen (secondary N) is 4. The first-order chi connectivity index (χ1) is 27.7. The van der Waals surface area contributed by atoms with Crippen molar-refractivity contribution in [2.45, 2.75) is 75.4 Å². The minimum absolute atomic E-state index is 0.0466.